The summed E-state index contributed by atoms with van der Waals surface area (Å²) >= 11 is 0. The number of nitrogens with zero attached hydrogens (tertiary/aromatic N) is 2. The van der Waals surface area contributed by atoms with Crippen LogP contribution in [0.2, 0.25) is 0 Å². The average Bonchev–Trinajstić information content (AvgIpc) is 2.29. The third kappa shape index (κ3) is 2.41. The second kappa shape index (κ2) is 4.13. The van der Waals surface area contributed by atoms with Crippen LogP contribution in [0, 0.1) is 0 Å². The van der Waals surface area contributed by atoms with Gasteiger partial charge >= 0.3 is 0 Å². The molecule has 0 radical (unpaired) electrons. The number of aromatic amines is 1. The van der Waals surface area contributed by atoms with Crippen LogP contribution in [0.5, 0.6) is 0 Å². The van der Waals surface area contributed by atoms with Gasteiger partial charge in [-0.1, -0.05) is 20.8 Å². The van der Waals surface area contributed by atoms with Crippen LogP contribution in [-0.2, 0) is 5.41 Å². The summed E-state index contributed by atoms with van der Waals surface area (Å²) in [6.45, 7) is 6.16. The molecule has 0 aliphatic carbocycles. The average molecular weight is 229 g/mol. The molecule has 0 bridgehead atoms. The van der Waals surface area contributed by atoms with Gasteiger partial charge in [-0.2, -0.15) is 0 Å². The van der Waals surface area contributed by atoms with Crippen molar-refractivity contribution in [1.29, 1.82) is 0 Å². The molecule has 0 unspecified atom stereocenters. The molecule has 0 spiro atoms. The Bertz CT molecular complexity index is 564. The van der Waals surface area contributed by atoms with E-state index in [2.05, 4.69) is 35.7 Å². The molecule has 1 N–H and O–H groups in total. The zero-order valence-electron chi connectivity index (χ0n) is 10.2. The Labute approximate surface area is 99.8 Å². The lowest BCUT2D eigenvalue weighted by Crippen LogP contribution is -2.16. The molecule has 2 heterocycles. The number of nitrogens with one attached hydrogen (secondary N) is 1. The van der Waals surface area contributed by atoms with Crippen molar-refractivity contribution in [2.75, 3.05) is 0 Å². The minimum absolute atomic E-state index is 0.0817. The highest BCUT2D eigenvalue weighted by atomic mass is 16.1. The van der Waals surface area contributed by atoms with Crippen LogP contribution in [0.3, 0.4) is 0 Å². The van der Waals surface area contributed by atoms with Gasteiger partial charge in [0.1, 0.15) is 5.82 Å². The number of hydrogen-bond acceptors (Lipinski definition) is 3. The van der Waals surface area contributed by atoms with Crippen molar-refractivity contribution in [1.82, 2.24) is 15.0 Å². The van der Waals surface area contributed by atoms with Crippen molar-refractivity contribution in [2.45, 2.75) is 26.2 Å². The van der Waals surface area contributed by atoms with Crippen molar-refractivity contribution in [2.24, 2.45) is 0 Å². The lowest BCUT2D eigenvalue weighted by molar-refractivity contribution is 0.545. The molecule has 88 valence electrons. The highest BCUT2D eigenvalue weighted by molar-refractivity contribution is 5.59. The van der Waals surface area contributed by atoms with Crippen LogP contribution in [-0.4, -0.2) is 15.0 Å². The van der Waals surface area contributed by atoms with Crippen molar-refractivity contribution in [3.05, 3.63) is 46.9 Å². The van der Waals surface area contributed by atoms with E-state index in [1.54, 1.807) is 30.7 Å². The van der Waals surface area contributed by atoms with Crippen molar-refractivity contribution < 1.29 is 0 Å². The van der Waals surface area contributed by atoms with Gasteiger partial charge in [0.05, 0.1) is 5.56 Å². The fraction of sp³-hybridized carbons (Fsp3) is 0.308. The predicted octanol–water partition coefficient (Wildman–Crippen LogP) is 2.13. The minimum atomic E-state index is -0.125. The van der Waals surface area contributed by atoms with Crippen LogP contribution in [0.25, 0.3) is 11.1 Å². The summed E-state index contributed by atoms with van der Waals surface area (Å²) in [4.78, 5) is 22.8. The van der Waals surface area contributed by atoms with E-state index in [-0.39, 0.29) is 11.0 Å². The summed E-state index contributed by atoms with van der Waals surface area (Å²) in [5, 5.41) is 0. The lowest BCUT2D eigenvalue weighted by atomic mass is 9.95. The predicted molar refractivity (Wildman–Crippen MR) is 66.8 cm³/mol. The topological polar surface area (TPSA) is 58.6 Å². The van der Waals surface area contributed by atoms with E-state index in [1.807, 2.05) is 0 Å². The van der Waals surface area contributed by atoms with Gasteiger partial charge in [0, 0.05) is 29.6 Å². The van der Waals surface area contributed by atoms with Crippen LogP contribution in [0.15, 0.2) is 35.5 Å². The summed E-state index contributed by atoms with van der Waals surface area (Å²) in [6.07, 6.45) is 4.99. The van der Waals surface area contributed by atoms with Crippen LogP contribution < -0.4 is 5.56 Å². The first-order chi connectivity index (χ1) is 7.98. The Morgan fingerprint density at radius 1 is 1.18 bits per heavy atom. The second-order valence-electron chi connectivity index (χ2n) is 4.96. The number of H-pyrrole nitrogens is 1. The fourth-order valence-corrected chi connectivity index (χ4v) is 1.50. The molecule has 2 aromatic heterocycles. The molecule has 4 heteroatoms. The van der Waals surface area contributed by atoms with E-state index in [0.717, 1.165) is 11.4 Å². The van der Waals surface area contributed by atoms with E-state index < -0.39 is 0 Å². The molecule has 4 nitrogen and oxygen atoms in total. The van der Waals surface area contributed by atoms with Gasteiger partial charge < -0.3 is 4.98 Å². The normalized spacial score (nSPS) is 11.5. The minimum Gasteiger partial charge on any atom is -0.329 e. The van der Waals surface area contributed by atoms with Gasteiger partial charge in [-0.05, 0) is 12.1 Å². The van der Waals surface area contributed by atoms with Crippen molar-refractivity contribution in [3.63, 3.8) is 0 Å². The molecule has 0 saturated heterocycles. The summed E-state index contributed by atoms with van der Waals surface area (Å²) in [5.74, 6) is 0.772. The smallest absolute Gasteiger partial charge is 0.255 e. The Kier molecular flexibility index (Phi) is 2.79. The van der Waals surface area contributed by atoms with Gasteiger partial charge in [-0.25, -0.2) is 9.97 Å². The van der Waals surface area contributed by atoms with E-state index in [1.165, 1.54) is 0 Å². The summed E-state index contributed by atoms with van der Waals surface area (Å²) in [6, 6.07) is 3.54. The fourth-order valence-electron chi connectivity index (χ4n) is 1.50. The molecule has 0 saturated carbocycles. The monoisotopic (exact) mass is 229 g/mol. The first-order valence-corrected chi connectivity index (χ1v) is 5.49. The number of hydrogen-bond donors (Lipinski definition) is 1. The quantitative estimate of drug-likeness (QED) is 0.815. The van der Waals surface area contributed by atoms with Crippen LogP contribution >= 0.6 is 0 Å². The Balaban J connectivity index is 2.44. The van der Waals surface area contributed by atoms with Crippen LogP contribution in [0.4, 0.5) is 0 Å². The third-order valence-electron chi connectivity index (χ3n) is 2.45. The third-order valence-corrected chi connectivity index (χ3v) is 2.45. The molecule has 2 rings (SSSR count). The molecule has 0 aromatic carbocycles. The Morgan fingerprint density at radius 2 is 1.82 bits per heavy atom. The second-order valence-corrected chi connectivity index (χ2v) is 4.96. The largest absolute Gasteiger partial charge is 0.329 e. The highest BCUT2D eigenvalue weighted by Gasteiger charge is 2.17. The van der Waals surface area contributed by atoms with E-state index in [4.69, 9.17) is 0 Å². The SMILES string of the molecule is CC(C)(C)c1ncc(-c2ccc[nH]c2=O)cn1. The number of aromatic nitrogens is 3. The molecule has 0 atom stereocenters. The first kappa shape index (κ1) is 11.5. The van der Waals surface area contributed by atoms with Gasteiger partial charge in [-0.15, -0.1) is 0 Å². The summed E-state index contributed by atoms with van der Waals surface area (Å²) in [7, 11) is 0. The zero-order chi connectivity index (χ0) is 12.5. The molecule has 0 aliphatic heterocycles. The van der Waals surface area contributed by atoms with Crippen LogP contribution in [0.1, 0.15) is 26.6 Å². The van der Waals surface area contributed by atoms with Gasteiger partial charge in [0.2, 0.25) is 0 Å². The highest BCUT2D eigenvalue weighted by Crippen LogP contribution is 2.19. The number of rotatable bonds is 1. The Morgan fingerprint density at radius 3 is 2.35 bits per heavy atom. The van der Waals surface area contributed by atoms with Gasteiger partial charge in [0.15, 0.2) is 0 Å². The van der Waals surface area contributed by atoms with E-state index in [9.17, 15) is 4.79 Å². The molecular weight excluding hydrogens is 214 g/mol. The molecular formula is C13H15N3O. The lowest BCUT2D eigenvalue weighted by Gasteiger charge is -2.15. The summed E-state index contributed by atoms with van der Waals surface area (Å²) < 4.78 is 0. The standard InChI is InChI=1S/C13H15N3O/c1-13(2,3)12-15-7-9(8-16-12)10-5-4-6-14-11(10)17/h4-8H,1-3H3,(H,14,17). The molecule has 0 aliphatic rings. The maximum atomic E-state index is 11.6. The van der Waals surface area contributed by atoms with E-state index in [0.29, 0.717) is 5.56 Å². The maximum Gasteiger partial charge on any atom is 0.255 e. The molecule has 0 fully saturated rings. The van der Waals surface area contributed by atoms with Crippen molar-refractivity contribution in [3.8, 4) is 11.1 Å². The summed E-state index contributed by atoms with van der Waals surface area (Å²) in [5.41, 5.74) is 1.12. The van der Waals surface area contributed by atoms with E-state index >= 15 is 0 Å². The maximum absolute atomic E-state index is 11.6. The molecule has 17 heavy (non-hydrogen) atoms. The Hall–Kier alpha value is -1.97. The first-order valence-electron chi connectivity index (χ1n) is 5.49. The number of pyridine rings is 1. The molecule has 0 amide bonds. The van der Waals surface area contributed by atoms with Crippen molar-refractivity contribution >= 4 is 0 Å². The zero-order valence-corrected chi connectivity index (χ0v) is 10.2. The molecule has 2 aromatic rings. The van der Waals surface area contributed by atoms with Gasteiger partial charge in [-0.3, -0.25) is 4.79 Å². The van der Waals surface area contributed by atoms with Gasteiger partial charge in [0.25, 0.3) is 5.56 Å².